The SMILES string of the molecule is O=S(=O)(Oc1cc2ccc(N3CCOCC3)cn2n1)C(F)(F)F. The van der Waals surface area contributed by atoms with Crippen molar-refractivity contribution in [3.63, 3.8) is 0 Å². The van der Waals surface area contributed by atoms with Gasteiger partial charge in [-0.05, 0) is 12.1 Å². The van der Waals surface area contributed by atoms with E-state index in [9.17, 15) is 21.6 Å². The second-order valence-electron chi connectivity index (χ2n) is 4.82. The van der Waals surface area contributed by atoms with Crippen LogP contribution in [-0.2, 0) is 14.9 Å². The molecule has 1 saturated heterocycles. The van der Waals surface area contributed by atoms with Crippen molar-refractivity contribution in [1.82, 2.24) is 9.61 Å². The van der Waals surface area contributed by atoms with Gasteiger partial charge >= 0.3 is 15.6 Å². The van der Waals surface area contributed by atoms with Gasteiger partial charge in [-0.15, -0.1) is 5.10 Å². The maximum atomic E-state index is 12.3. The predicted molar refractivity (Wildman–Crippen MR) is 73.8 cm³/mol. The number of alkyl halides is 3. The molecule has 0 spiro atoms. The van der Waals surface area contributed by atoms with Crippen LogP contribution in [0, 0.1) is 0 Å². The van der Waals surface area contributed by atoms with Crippen LogP contribution in [-0.4, -0.2) is 49.8 Å². The monoisotopic (exact) mass is 351 g/mol. The van der Waals surface area contributed by atoms with Crippen LogP contribution >= 0.6 is 0 Å². The molecule has 2 aromatic rings. The van der Waals surface area contributed by atoms with E-state index in [0.717, 1.165) is 11.8 Å². The Morgan fingerprint density at radius 3 is 2.57 bits per heavy atom. The largest absolute Gasteiger partial charge is 0.534 e. The average molecular weight is 351 g/mol. The molecule has 0 amide bonds. The first-order valence-corrected chi connectivity index (χ1v) is 8.00. The van der Waals surface area contributed by atoms with Crippen LogP contribution in [0.15, 0.2) is 24.4 Å². The molecule has 1 aliphatic rings. The van der Waals surface area contributed by atoms with Crippen molar-refractivity contribution in [2.75, 3.05) is 31.2 Å². The molecule has 0 aromatic carbocycles. The highest BCUT2D eigenvalue weighted by molar-refractivity contribution is 7.87. The van der Waals surface area contributed by atoms with E-state index in [0.29, 0.717) is 31.8 Å². The first-order chi connectivity index (χ1) is 10.8. The van der Waals surface area contributed by atoms with E-state index >= 15 is 0 Å². The summed E-state index contributed by atoms with van der Waals surface area (Å²) in [7, 11) is -5.73. The first-order valence-electron chi connectivity index (χ1n) is 6.59. The molecule has 0 aliphatic carbocycles. The zero-order valence-electron chi connectivity index (χ0n) is 11.7. The summed E-state index contributed by atoms with van der Waals surface area (Å²) in [6.45, 7) is 2.52. The van der Waals surface area contributed by atoms with Crippen LogP contribution in [0.2, 0.25) is 0 Å². The summed E-state index contributed by atoms with van der Waals surface area (Å²) in [6.07, 6.45) is 1.59. The van der Waals surface area contributed by atoms with Gasteiger partial charge in [0.1, 0.15) is 0 Å². The van der Waals surface area contributed by atoms with Crippen LogP contribution in [0.1, 0.15) is 0 Å². The van der Waals surface area contributed by atoms with Crippen molar-refractivity contribution in [1.29, 1.82) is 0 Å². The zero-order valence-corrected chi connectivity index (χ0v) is 12.5. The molecule has 23 heavy (non-hydrogen) atoms. The standard InChI is InChI=1S/C12H12F3N3O4S/c13-12(14,15)23(19,20)22-11-7-9-1-2-10(8-18(9)16-11)17-3-5-21-6-4-17/h1-2,7-8H,3-6H2. The molecule has 0 atom stereocenters. The minimum Gasteiger partial charge on any atom is -0.378 e. The van der Waals surface area contributed by atoms with Crippen molar-refractivity contribution in [3.05, 3.63) is 24.4 Å². The van der Waals surface area contributed by atoms with Gasteiger partial charge in [0.25, 0.3) is 5.88 Å². The molecule has 0 unspecified atom stereocenters. The third-order valence-electron chi connectivity index (χ3n) is 3.28. The molecule has 0 N–H and O–H groups in total. The Bertz CT molecular complexity index is 813. The Hall–Kier alpha value is -2.01. The van der Waals surface area contributed by atoms with Gasteiger partial charge in [0.05, 0.1) is 30.6 Å². The highest BCUT2D eigenvalue weighted by Crippen LogP contribution is 2.27. The van der Waals surface area contributed by atoms with Gasteiger partial charge in [-0.1, -0.05) is 0 Å². The molecular formula is C12H12F3N3O4S. The highest BCUT2D eigenvalue weighted by atomic mass is 32.2. The zero-order chi connectivity index (χ0) is 16.7. The summed E-state index contributed by atoms with van der Waals surface area (Å²) in [5.41, 5.74) is -4.29. The number of rotatable bonds is 3. The molecule has 2 aromatic heterocycles. The lowest BCUT2D eigenvalue weighted by atomic mass is 10.3. The van der Waals surface area contributed by atoms with Crippen molar-refractivity contribution < 1.29 is 30.5 Å². The van der Waals surface area contributed by atoms with Crippen LogP contribution in [0.5, 0.6) is 5.88 Å². The molecule has 11 heteroatoms. The van der Waals surface area contributed by atoms with Gasteiger partial charge in [0, 0.05) is 19.2 Å². The van der Waals surface area contributed by atoms with Crippen molar-refractivity contribution >= 4 is 21.3 Å². The Balaban J connectivity index is 1.87. The van der Waals surface area contributed by atoms with E-state index in [1.807, 2.05) is 4.90 Å². The van der Waals surface area contributed by atoms with Gasteiger partial charge in [0.2, 0.25) is 0 Å². The fourth-order valence-corrected chi connectivity index (χ4v) is 2.56. The van der Waals surface area contributed by atoms with Gasteiger partial charge in [-0.3, -0.25) is 0 Å². The number of aromatic nitrogens is 2. The van der Waals surface area contributed by atoms with Crippen LogP contribution in [0.4, 0.5) is 18.9 Å². The maximum Gasteiger partial charge on any atom is 0.534 e. The van der Waals surface area contributed by atoms with Gasteiger partial charge < -0.3 is 13.8 Å². The molecule has 3 rings (SSSR count). The van der Waals surface area contributed by atoms with E-state index in [1.165, 1.54) is 4.52 Å². The third-order valence-corrected chi connectivity index (χ3v) is 4.23. The minimum absolute atomic E-state index is 0.411. The molecule has 0 radical (unpaired) electrons. The fraction of sp³-hybridized carbons (Fsp3) is 0.417. The first kappa shape index (κ1) is 15.9. The van der Waals surface area contributed by atoms with Crippen molar-refractivity contribution in [3.8, 4) is 5.88 Å². The Kier molecular flexibility index (Phi) is 3.84. The lowest BCUT2D eigenvalue weighted by molar-refractivity contribution is -0.0501. The average Bonchev–Trinajstić information content (AvgIpc) is 2.87. The second-order valence-corrected chi connectivity index (χ2v) is 6.36. The van der Waals surface area contributed by atoms with E-state index in [4.69, 9.17) is 4.74 Å². The Morgan fingerprint density at radius 2 is 1.91 bits per heavy atom. The van der Waals surface area contributed by atoms with Gasteiger partial charge in [-0.25, -0.2) is 4.52 Å². The number of anilines is 1. The number of fused-ring (bicyclic) bond motifs is 1. The summed E-state index contributed by atoms with van der Waals surface area (Å²) in [6, 6.07) is 4.50. The smallest absolute Gasteiger partial charge is 0.378 e. The number of pyridine rings is 1. The summed E-state index contributed by atoms with van der Waals surface area (Å²) < 4.78 is 69.5. The summed E-state index contributed by atoms with van der Waals surface area (Å²) in [5, 5.41) is 3.72. The summed E-state index contributed by atoms with van der Waals surface area (Å²) in [5.74, 6) is -0.638. The van der Waals surface area contributed by atoms with E-state index in [-0.39, 0.29) is 0 Å². The number of halogens is 3. The minimum atomic E-state index is -5.73. The number of hydrogen-bond acceptors (Lipinski definition) is 6. The molecule has 126 valence electrons. The van der Waals surface area contributed by atoms with E-state index < -0.39 is 21.5 Å². The number of ether oxygens (including phenoxy) is 1. The molecule has 7 nitrogen and oxygen atoms in total. The van der Waals surface area contributed by atoms with Crippen LogP contribution < -0.4 is 9.08 Å². The lowest BCUT2D eigenvalue weighted by Gasteiger charge is -2.28. The predicted octanol–water partition coefficient (Wildman–Crippen LogP) is 1.40. The molecule has 0 saturated carbocycles. The quantitative estimate of drug-likeness (QED) is 0.615. The summed E-state index contributed by atoms with van der Waals surface area (Å²) >= 11 is 0. The maximum absolute atomic E-state index is 12.3. The van der Waals surface area contributed by atoms with E-state index in [1.54, 1.807) is 18.3 Å². The normalized spacial score (nSPS) is 16.7. The molecule has 0 bridgehead atoms. The highest BCUT2D eigenvalue weighted by Gasteiger charge is 2.49. The third kappa shape index (κ3) is 3.20. The fourth-order valence-electron chi connectivity index (χ4n) is 2.16. The second kappa shape index (κ2) is 5.57. The molecule has 3 heterocycles. The lowest BCUT2D eigenvalue weighted by Crippen LogP contribution is -2.36. The molecular weight excluding hydrogens is 339 g/mol. The van der Waals surface area contributed by atoms with Gasteiger partial charge in [-0.2, -0.15) is 21.6 Å². The topological polar surface area (TPSA) is 73.1 Å². The Morgan fingerprint density at radius 1 is 1.22 bits per heavy atom. The van der Waals surface area contributed by atoms with Crippen molar-refractivity contribution in [2.45, 2.75) is 5.51 Å². The van der Waals surface area contributed by atoms with Gasteiger partial charge in [0.15, 0.2) is 0 Å². The Labute approximate surface area is 129 Å². The summed E-state index contributed by atoms with van der Waals surface area (Å²) in [4.78, 5) is 2.03. The number of nitrogens with zero attached hydrogens (tertiary/aromatic N) is 3. The number of hydrogen-bond donors (Lipinski definition) is 0. The molecule has 1 fully saturated rings. The number of morpholine rings is 1. The van der Waals surface area contributed by atoms with E-state index in [2.05, 4.69) is 9.28 Å². The van der Waals surface area contributed by atoms with Crippen LogP contribution in [0.25, 0.3) is 5.52 Å². The van der Waals surface area contributed by atoms with Crippen LogP contribution in [0.3, 0.4) is 0 Å². The van der Waals surface area contributed by atoms with Crippen molar-refractivity contribution in [2.24, 2.45) is 0 Å². The molecule has 1 aliphatic heterocycles.